The molecule has 0 aromatic heterocycles. The number of benzene rings is 2. The predicted octanol–water partition coefficient (Wildman–Crippen LogP) is 3.44. The molecule has 0 unspecified atom stereocenters. The Morgan fingerprint density at radius 3 is 2.57 bits per heavy atom. The maximum Gasteiger partial charge on any atom is 0.123 e. The number of aromatic hydroxyl groups is 1. The minimum atomic E-state index is 0.259. The van der Waals surface area contributed by atoms with E-state index in [0.717, 1.165) is 29.8 Å². The molecule has 0 saturated heterocycles. The number of hydrogen-bond donors (Lipinski definition) is 3. The largest absolute Gasteiger partial charge is 0.507 e. The molecule has 2 aromatic carbocycles. The Morgan fingerprint density at radius 1 is 1.10 bits per heavy atom. The summed E-state index contributed by atoms with van der Waals surface area (Å²) in [5.41, 5.74) is 8.00. The Bertz CT molecular complexity index is 583. The van der Waals surface area contributed by atoms with Gasteiger partial charge in [-0.3, -0.25) is 0 Å². The number of para-hydroxylation sites is 1. The van der Waals surface area contributed by atoms with E-state index in [2.05, 4.69) is 10.9 Å². The molecule has 4 heteroatoms. The molecule has 1 saturated carbocycles. The first-order valence-corrected chi connectivity index (χ1v) is 7.34. The van der Waals surface area contributed by atoms with Crippen LogP contribution in [0.5, 0.6) is 11.5 Å². The van der Waals surface area contributed by atoms with Crippen LogP contribution in [-0.4, -0.2) is 11.2 Å². The van der Waals surface area contributed by atoms with Crippen LogP contribution in [0, 0.1) is 0 Å². The summed E-state index contributed by atoms with van der Waals surface area (Å²) in [6.45, 7) is 0.532. The smallest absolute Gasteiger partial charge is 0.123 e. The third-order valence-corrected chi connectivity index (χ3v) is 3.70. The van der Waals surface area contributed by atoms with Crippen LogP contribution in [0.3, 0.4) is 0 Å². The van der Waals surface area contributed by atoms with Gasteiger partial charge in [0.1, 0.15) is 11.5 Å². The first-order chi connectivity index (χ1) is 10.3. The van der Waals surface area contributed by atoms with Gasteiger partial charge < -0.3 is 15.3 Å². The summed E-state index contributed by atoms with van der Waals surface area (Å²) in [4.78, 5) is 0. The summed E-state index contributed by atoms with van der Waals surface area (Å²) in [6.07, 6.45) is 3.80. The molecule has 0 spiro atoms. The number of ether oxygens (including phenoxy) is 1. The van der Waals surface area contributed by atoms with Gasteiger partial charge in [0, 0.05) is 23.9 Å². The molecule has 2 aromatic rings. The second-order valence-electron chi connectivity index (χ2n) is 5.31. The molecule has 3 rings (SSSR count). The Kier molecular flexibility index (Phi) is 4.26. The fourth-order valence-corrected chi connectivity index (χ4v) is 2.21. The minimum Gasteiger partial charge on any atom is -0.507 e. The maximum absolute atomic E-state index is 10.0. The molecule has 0 aliphatic heterocycles. The van der Waals surface area contributed by atoms with Crippen molar-refractivity contribution >= 4 is 5.69 Å². The van der Waals surface area contributed by atoms with E-state index in [0.29, 0.717) is 12.6 Å². The molecule has 1 aliphatic carbocycles. The topological polar surface area (TPSA) is 53.5 Å². The van der Waals surface area contributed by atoms with Crippen LogP contribution in [0.15, 0.2) is 48.5 Å². The summed E-state index contributed by atoms with van der Waals surface area (Å²) >= 11 is 0. The van der Waals surface area contributed by atoms with Crippen molar-refractivity contribution in [1.82, 2.24) is 5.43 Å². The van der Waals surface area contributed by atoms with Gasteiger partial charge in [0.2, 0.25) is 0 Å². The summed E-state index contributed by atoms with van der Waals surface area (Å²) in [5, 5.41) is 10.0. The van der Waals surface area contributed by atoms with Crippen LogP contribution >= 0.6 is 0 Å². The van der Waals surface area contributed by atoms with Crippen molar-refractivity contribution in [2.75, 3.05) is 5.43 Å². The zero-order valence-corrected chi connectivity index (χ0v) is 11.9. The van der Waals surface area contributed by atoms with Crippen molar-refractivity contribution < 1.29 is 9.84 Å². The Balaban J connectivity index is 1.53. The van der Waals surface area contributed by atoms with Crippen molar-refractivity contribution in [3.8, 4) is 11.5 Å². The number of rotatable bonds is 6. The van der Waals surface area contributed by atoms with Crippen LogP contribution in [0.1, 0.15) is 24.8 Å². The number of phenolic OH excluding ortho intramolecular Hbond substituents is 1. The fraction of sp³-hybridized carbons (Fsp3) is 0.294. The highest BCUT2D eigenvalue weighted by molar-refractivity contribution is 5.42. The average Bonchev–Trinajstić information content (AvgIpc) is 2.46. The van der Waals surface area contributed by atoms with E-state index >= 15 is 0 Å². The molecular weight excluding hydrogens is 264 g/mol. The van der Waals surface area contributed by atoms with Gasteiger partial charge in [-0.2, -0.15) is 0 Å². The fourth-order valence-electron chi connectivity index (χ4n) is 2.21. The lowest BCUT2D eigenvalue weighted by molar-refractivity contribution is 0.120. The second kappa shape index (κ2) is 6.50. The van der Waals surface area contributed by atoms with Crippen LogP contribution in [0.25, 0.3) is 0 Å². The molecule has 0 atom stereocenters. The van der Waals surface area contributed by atoms with Gasteiger partial charge >= 0.3 is 0 Å². The standard InChI is InChI=1S/C17H20N2O2/c20-17-11-16(21-15-7-4-8-15)10-9-13(17)12-18-19-14-5-2-1-3-6-14/h1-3,5-6,9-11,15,18-20H,4,7-8,12H2. The summed E-state index contributed by atoms with van der Waals surface area (Å²) in [6, 6.07) is 15.4. The summed E-state index contributed by atoms with van der Waals surface area (Å²) in [5.74, 6) is 1.01. The monoisotopic (exact) mass is 284 g/mol. The normalized spacial score (nSPS) is 14.5. The maximum atomic E-state index is 10.0. The lowest BCUT2D eigenvalue weighted by Gasteiger charge is -2.26. The number of anilines is 1. The van der Waals surface area contributed by atoms with E-state index in [1.54, 1.807) is 6.07 Å². The average molecular weight is 284 g/mol. The van der Waals surface area contributed by atoms with Gasteiger partial charge in [0.15, 0.2) is 0 Å². The van der Waals surface area contributed by atoms with E-state index in [-0.39, 0.29) is 5.75 Å². The molecule has 110 valence electrons. The molecule has 4 nitrogen and oxygen atoms in total. The van der Waals surface area contributed by atoms with Crippen LogP contribution in [0.2, 0.25) is 0 Å². The first kappa shape index (κ1) is 13.8. The Hall–Kier alpha value is -2.20. The van der Waals surface area contributed by atoms with E-state index in [1.165, 1.54) is 6.42 Å². The quantitative estimate of drug-likeness (QED) is 0.711. The van der Waals surface area contributed by atoms with Gasteiger partial charge in [-0.15, -0.1) is 0 Å². The van der Waals surface area contributed by atoms with Crippen molar-refractivity contribution in [2.45, 2.75) is 31.9 Å². The lowest BCUT2D eigenvalue weighted by atomic mass is 9.96. The SMILES string of the molecule is Oc1cc(OC2CCC2)ccc1CNNc1ccccc1. The van der Waals surface area contributed by atoms with Crippen LogP contribution in [0.4, 0.5) is 5.69 Å². The highest BCUT2D eigenvalue weighted by atomic mass is 16.5. The molecule has 1 fully saturated rings. The molecule has 0 amide bonds. The van der Waals surface area contributed by atoms with Gasteiger partial charge in [-0.05, 0) is 37.5 Å². The number of phenols is 1. The lowest BCUT2D eigenvalue weighted by Crippen LogP contribution is -2.24. The van der Waals surface area contributed by atoms with Gasteiger partial charge in [0.25, 0.3) is 0 Å². The Labute approximate surface area is 124 Å². The van der Waals surface area contributed by atoms with E-state index in [9.17, 15) is 5.11 Å². The molecule has 0 bridgehead atoms. The van der Waals surface area contributed by atoms with Crippen molar-refractivity contribution in [2.24, 2.45) is 0 Å². The second-order valence-corrected chi connectivity index (χ2v) is 5.31. The zero-order chi connectivity index (χ0) is 14.5. The predicted molar refractivity (Wildman–Crippen MR) is 83.3 cm³/mol. The molecule has 3 N–H and O–H groups in total. The van der Waals surface area contributed by atoms with Gasteiger partial charge in [-0.1, -0.05) is 24.3 Å². The number of nitrogens with one attached hydrogen (secondary N) is 2. The van der Waals surface area contributed by atoms with Crippen LogP contribution in [-0.2, 0) is 6.54 Å². The minimum absolute atomic E-state index is 0.259. The molecular formula is C17H20N2O2. The third-order valence-electron chi connectivity index (χ3n) is 3.70. The molecule has 0 radical (unpaired) electrons. The highest BCUT2D eigenvalue weighted by Crippen LogP contribution is 2.29. The zero-order valence-electron chi connectivity index (χ0n) is 11.9. The number of hydrazine groups is 1. The van der Waals surface area contributed by atoms with E-state index in [1.807, 2.05) is 42.5 Å². The molecule has 0 heterocycles. The number of hydrogen-bond acceptors (Lipinski definition) is 4. The highest BCUT2D eigenvalue weighted by Gasteiger charge is 2.19. The van der Waals surface area contributed by atoms with Crippen molar-refractivity contribution in [1.29, 1.82) is 0 Å². The summed E-state index contributed by atoms with van der Waals surface area (Å²) < 4.78 is 5.76. The van der Waals surface area contributed by atoms with E-state index < -0.39 is 0 Å². The summed E-state index contributed by atoms with van der Waals surface area (Å²) in [7, 11) is 0. The van der Waals surface area contributed by atoms with Crippen LogP contribution < -0.4 is 15.6 Å². The van der Waals surface area contributed by atoms with Gasteiger partial charge in [-0.25, -0.2) is 5.43 Å². The van der Waals surface area contributed by atoms with Crippen molar-refractivity contribution in [3.63, 3.8) is 0 Å². The molecule has 1 aliphatic rings. The van der Waals surface area contributed by atoms with Gasteiger partial charge in [0.05, 0.1) is 6.10 Å². The first-order valence-electron chi connectivity index (χ1n) is 7.34. The molecule has 21 heavy (non-hydrogen) atoms. The third kappa shape index (κ3) is 3.67. The Morgan fingerprint density at radius 2 is 1.90 bits per heavy atom. The van der Waals surface area contributed by atoms with E-state index in [4.69, 9.17) is 4.74 Å². The van der Waals surface area contributed by atoms with Crippen molar-refractivity contribution in [3.05, 3.63) is 54.1 Å².